The number of nitro groups is 1. The quantitative estimate of drug-likeness (QED) is 0.653. The molecule has 0 aliphatic carbocycles. The van der Waals surface area contributed by atoms with Gasteiger partial charge < -0.3 is 10.1 Å². The van der Waals surface area contributed by atoms with E-state index < -0.39 is 10.8 Å². The smallest absolute Gasteiger partial charge is 0.288 e. The number of amides is 1. The zero-order valence-electron chi connectivity index (χ0n) is 12.3. The summed E-state index contributed by atoms with van der Waals surface area (Å²) >= 11 is 11.8. The van der Waals surface area contributed by atoms with Gasteiger partial charge >= 0.3 is 0 Å². The van der Waals surface area contributed by atoms with Crippen LogP contribution in [0.3, 0.4) is 0 Å². The second-order valence-electron chi connectivity index (χ2n) is 5.27. The van der Waals surface area contributed by atoms with Gasteiger partial charge in [-0.1, -0.05) is 23.2 Å². The molecule has 1 amide bonds. The van der Waals surface area contributed by atoms with Gasteiger partial charge in [-0.05, 0) is 30.3 Å². The summed E-state index contributed by atoms with van der Waals surface area (Å²) in [4.78, 5) is 22.8. The van der Waals surface area contributed by atoms with Crippen LogP contribution in [0.4, 0.5) is 5.69 Å². The van der Waals surface area contributed by atoms with Crippen LogP contribution < -0.4 is 10.1 Å². The SMILES string of the molecule is O=C(NC1CCOc2ccc(Cl)cc21)c1ccc(Cl)c([N+](=O)[O-])c1. The lowest BCUT2D eigenvalue weighted by Crippen LogP contribution is -2.32. The van der Waals surface area contributed by atoms with Crippen LogP contribution in [0.2, 0.25) is 10.0 Å². The molecule has 0 fully saturated rings. The molecule has 0 spiro atoms. The zero-order valence-corrected chi connectivity index (χ0v) is 13.8. The lowest BCUT2D eigenvalue weighted by molar-refractivity contribution is -0.384. The first-order valence-corrected chi connectivity index (χ1v) is 7.88. The van der Waals surface area contributed by atoms with Crippen LogP contribution >= 0.6 is 23.2 Å². The van der Waals surface area contributed by atoms with Gasteiger partial charge in [0.2, 0.25) is 0 Å². The minimum absolute atomic E-state index is 0.0141. The number of carbonyl (C=O) groups excluding carboxylic acids is 1. The molecular weight excluding hydrogens is 355 g/mol. The Morgan fingerprint density at radius 3 is 2.79 bits per heavy atom. The maximum atomic E-state index is 12.4. The highest BCUT2D eigenvalue weighted by Crippen LogP contribution is 2.34. The number of rotatable bonds is 3. The summed E-state index contributed by atoms with van der Waals surface area (Å²) in [5, 5.41) is 14.3. The third-order valence-electron chi connectivity index (χ3n) is 3.72. The number of ether oxygens (including phenoxy) is 1. The number of halogens is 2. The van der Waals surface area contributed by atoms with E-state index in [9.17, 15) is 14.9 Å². The number of hydrogen-bond acceptors (Lipinski definition) is 4. The van der Waals surface area contributed by atoms with Gasteiger partial charge in [-0.25, -0.2) is 0 Å². The van der Waals surface area contributed by atoms with E-state index in [4.69, 9.17) is 27.9 Å². The minimum Gasteiger partial charge on any atom is -0.493 e. The first-order valence-electron chi connectivity index (χ1n) is 7.13. The molecule has 1 unspecified atom stereocenters. The van der Waals surface area contributed by atoms with Gasteiger partial charge in [0.25, 0.3) is 11.6 Å². The monoisotopic (exact) mass is 366 g/mol. The molecule has 124 valence electrons. The Hall–Kier alpha value is -2.31. The average Bonchev–Trinajstić information content (AvgIpc) is 2.55. The van der Waals surface area contributed by atoms with Crippen molar-refractivity contribution in [2.45, 2.75) is 12.5 Å². The van der Waals surface area contributed by atoms with Crippen molar-refractivity contribution in [3.05, 3.63) is 67.7 Å². The summed E-state index contributed by atoms with van der Waals surface area (Å²) in [5.41, 5.74) is 0.645. The highest BCUT2D eigenvalue weighted by atomic mass is 35.5. The van der Waals surface area contributed by atoms with Crippen LogP contribution in [0.15, 0.2) is 36.4 Å². The van der Waals surface area contributed by atoms with E-state index in [1.54, 1.807) is 18.2 Å². The van der Waals surface area contributed by atoms with Crippen molar-refractivity contribution in [1.29, 1.82) is 0 Å². The second-order valence-corrected chi connectivity index (χ2v) is 6.11. The van der Waals surface area contributed by atoms with E-state index >= 15 is 0 Å². The van der Waals surface area contributed by atoms with E-state index in [0.717, 1.165) is 11.6 Å². The van der Waals surface area contributed by atoms with Gasteiger partial charge in [-0.15, -0.1) is 0 Å². The fourth-order valence-corrected chi connectivity index (χ4v) is 2.92. The molecule has 0 aromatic heterocycles. The fourth-order valence-electron chi connectivity index (χ4n) is 2.55. The average molecular weight is 367 g/mol. The summed E-state index contributed by atoms with van der Waals surface area (Å²) in [7, 11) is 0. The standard InChI is InChI=1S/C16H12Cl2N2O4/c17-10-2-4-15-11(8-10)13(5-6-24-15)19-16(21)9-1-3-12(18)14(7-9)20(22)23/h1-4,7-8,13H,5-6H2,(H,19,21). The molecule has 2 aromatic carbocycles. The highest BCUT2D eigenvalue weighted by Gasteiger charge is 2.25. The van der Waals surface area contributed by atoms with Crippen LogP contribution in [0.5, 0.6) is 5.75 Å². The Kier molecular flexibility index (Phi) is 4.59. The van der Waals surface area contributed by atoms with Gasteiger partial charge in [-0.3, -0.25) is 14.9 Å². The van der Waals surface area contributed by atoms with Crippen molar-refractivity contribution in [3.63, 3.8) is 0 Å². The molecule has 1 aliphatic heterocycles. The van der Waals surface area contributed by atoms with E-state index in [1.807, 2.05) is 0 Å². The Morgan fingerprint density at radius 1 is 1.25 bits per heavy atom. The van der Waals surface area contributed by atoms with Crippen molar-refractivity contribution in [2.75, 3.05) is 6.61 Å². The Bertz CT molecular complexity index is 826. The maximum absolute atomic E-state index is 12.4. The Labute approximate surface area is 147 Å². The van der Waals surface area contributed by atoms with Gasteiger partial charge in [0.15, 0.2) is 0 Å². The predicted molar refractivity (Wildman–Crippen MR) is 89.9 cm³/mol. The molecule has 3 rings (SSSR count). The molecule has 0 bridgehead atoms. The fraction of sp³-hybridized carbons (Fsp3) is 0.188. The molecule has 1 aliphatic rings. The number of hydrogen-bond donors (Lipinski definition) is 1. The molecule has 0 radical (unpaired) electrons. The molecule has 24 heavy (non-hydrogen) atoms. The summed E-state index contributed by atoms with van der Waals surface area (Å²) in [6.07, 6.45) is 0.578. The molecule has 6 nitrogen and oxygen atoms in total. The summed E-state index contributed by atoms with van der Waals surface area (Å²) < 4.78 is 5.55. The molecule has 0 saturated heterocycles. The number of nitro benzene ring substituents is 1. The molecular formula is C16H12Cl2N2O4. The summed E-state index contributed by atoms with van der Waals surface area (Å²) in [6.45, 7) is 0.459. The minimum atomic E-state index is -0.622. The van der Waals surface area contributed by atoms with Crippen molar-refractivity contribution in [2.24, 2.45) is 0 Å². The van der Waals surface area contributed by atoms with Crippen LogP contribution in [0.25, 0.3) is 0 Å². The molecule has 2 aromatic rings. The third kappa shape index (κ3) is 3.29. The molecule has 8 heteroatoms. The van der Waals surface area contributed by atoms with Gasteiger partial charge in [0.05, 0.1) is 17.6 Å². The lowest BCUT2D eigenvalue weighted by Gasteiger charge is -2.27. The van der Waals surface area contributed by atoms with Gasteiger partial charge in [-0.2, -0.15) is 0 Å². The van der Waals surface area contributed by atoms with Crippen molar-refractivity contribution >= 4 is 34.8 Å². The van der Waals surface area contributed by atoms with E-state index in [2.05, 4.69) is 5.32 Å². The van der Waals surface area contributed by atoms with Crippen molar-refractivity contribution < 1.29 is 14.5 Å². The Balaban J connectivity index is 1.85. The molecule has 1 heterocycles. The zero-order chi connectivity index (χ0) is 17.3. The summed E-state index contributed by atoms with van der Waals surface area (Å²) in [6, 6.07) is 8.87. The predicted octanol–water partition coefficient (Wildman–Crippen LogP) is 4.16. The molecule has 1 atom stereocenters. The van der Waals surface area contributed by atoms with Crippen molar-refractivity contribution in [1.82, 2.24) is 5.32 Å². The van der Waals surface area contributed by atoms with Gasteiger partial charge in [0.1, 0.15) is 10.8 Å². The van der Waals surface area contributed by atoms with E-state index in [-0.39, 0.29) is 22.3 Å². The van der Waals surface area contributed by atoms with Crippen LogP contribution in [-0.4, -0.2) is 17.4 Å². The largest absolute Gasteiger partial charge is 0.493 e. The number of nitrogens with one attached hydrogen (secondary N) is 1. The first-order chi connectivity index (χ1) is 11.5. The molecule has 1 N–H and O–H groups in total. The third-order valence-corrected chi connectivity index (χ3v) is 4.28. The van der Waals surface area contributed by atoms with Gasteiger partial charge in [0, 0.05) is 28.6 Å². The van der Waals surface area contributed by atoms with E-state index in [0.29, 0.717) is 23.8 Å². The maximum Gasteiger partial charge on any atom is 0.288 e. The summed E-state index contributed by atoms with van der Waals surface area (Å²) in [5.74, 6) is 0.241. The number of nitrogens with zero attached hydrogens (tertiary/aromatic N) is 1. The first kappa shape index (κ1) is 16.5. The molecule has 0 saturated carbocycles. The second kappa shape index (κ2) is 6.67. The number of carbonyl (C=O) groups is 1. The lowest BCUT2D eigenvalue weighted by atomic mass is 10.00. The number of benzene rings is 2. The van der Waals surface area contributed by atoms with Crippen molar-refractivity contribution in [3.8, 4) is 5.75 Å². The van der Waals surface area contributed by atoms with Crippen LogP contribution in [-0.2, 0) is 0 Å². The topological polar surface area (TPSA) is 81.5 Å². The Morgan fingerprint density at radius 2 is 2.04 bits per heavy atom. The van der Waals surface area contributed by atoms with E-state index in [1.165, 1.54) is 12.1 Å². The normalized spacial score (nSPS) is 16.0. The van der Waals surface area contributed by atoms with Crippen LogP contribution in [0, 0.1) is 10.1 Å². The number of fused-ring (bicyclic) bond motifs is 1. The van der Waals surface area contributed by atoms with Crippen LogP contribution in [0.1, 0.15) is 28.4 Å². The highest BCUT2D eigenvalue weighted by molar-refractivity contribution is 6.32.